The fourth-order valence-electron chi connectivity index (χ4n) is 7.93. The Labute approximate surface area is 282 Å². The van der Waals surface area contributed by atoms with E-state index in [1.165, 1.54) is 0 Å². The van der Waals surface area contributed by atoms with E-state index in [9.17, 15) is 22.4 Å². The van der Waals surface area contributed by atoms with Gasteiger partial charge in [0, 0.05) is 29.8 Å². The van der Waals surface area contributed by atoms with Crippen molar-refractivity contribution in [2.45, 2.75) is 100 Å². The molecule has 1 aromatic carbocycles. The molecule has 4 heterocycles. The van der Waals surface area contributed by atoms with Gasteiger partial charge in [-0.1, -0.05) is 44.2 Å². The highest BCUT2D eigenvalue weighted by atomic mass is 32.2. The van der Waals surface area contributed by atoms with Gasteiger partial charge in [-0.25, -0.2) is 12.8 Å². The molecule has 10 nitrogen and oxygen atoms in total. The number of fused-ring (bicyclic) bond motifs is 5. The van der Waals surface area contributed by atoms with Gasteiger partial charge in [0.2, 0.25) is 27.7 Å². The Morgan fingerprint density at radius 1 is 1.17 bits per heavy atom. The number of nitrogens with one attached hydrogen (secondary N) is 2. The van der Waals surface area contributed by atoms with Crippen LogP contribution < -0.4 is 19.5 Å². The van der Waals surface area contributed by atoms with Crippen molar-refractivity contribution in [1.82, 2.24) is 19.9 Å². The third-order valence-electron chi connectivity index (χ3n) is 11.2. The molecule has 0 spiro atoms. The lowest BCUT2D eigenvalue weighted by molar-refractivity contribution is -0.132. The summed E-state index contributed by atoms with van der Waals surface area (Å²) in [4.78, 5) is 34.8. The number of sulfonamides is 1. The summed E-state index contributed by atoms with van der Waals surface area (Å²) in [5.74, 6) is 0.569. The minimum absolute atomic E-state index is 0.171. The van der Waals surface area contributed by atoms with Crippen molar-refractivity contribution in [3.8, 4) is 11.8 Å². The lowest BCUT2D eigenvalue weighted by atomic mass is 9.91. The first-order valence-electron chi connectivity index (χ1n) is 17.6. The van der Waals surface area contributed by atoms with Crippen LogP contribution in [-0.4, -0.2) is 78.9 Å². The Morgan fingerprint density at radius 3 is 2.71 bits per heavy atom. The maximum Gasteiger partial charge on any atom is 0.259 e. The number of carbonyl (C=O) groups excluding carboxylic acids is 2. The lowest BCUT2D eigenvalue weighted by Gasteiger charge is -2.27. The first-order valence-corrected chi connectivity index (χ1v) is 19.1. The van der Waals surface area contributed by atoms with Gasteiger partial charge in [0.1, 0.15) is 23.1 Å². The van der Waals surface area contributed by atoms with Crippen LogP contribution in [0.4, 0.5) is 4.39 Å². The Bertz CT molecular complexity index is 1710. The van der Waals surface area contributed by atoms with Gasteiger partial charge < -0.3 is 14.8 Å². The quantitative estimate of drug-likeness (QED) is 0.424. The van der Waals surface area contributed by atoms with Gasteiger partial charge in [-0.05, 0) is 87.6 Å². The van der Waals surface area contributed by atoms with E-state index in [1.807, 2.05) is 30.4 Å². The van der Waals surface area contributed by atoms with E-state index in [2.05, 4.69) is 34.9 Å². The Hall–Kier alpha value is -3.25. The van der Waals surface area contributed by atoms with Gasteiger partial charge in [0.05, 0.1) is 12.6 Å². The molecule has 1 aromatic heterocycles. The molecule has 2 aliphatic carbocycles. The van der Waals surface area contributed by atoms with Crippen LogP contribution in [0.5, 0.6) is 11.8 Å². The fraction of sp³-hybridized carbons (Fsp3) is 0.639. The summed E-state index contributed by atoms with van der Waals surface area (Å²) >= 11 is 0. The summed E-state index contributed by atoms with van der Waals surface area (Å²) in [6.07, 6.45) is 10.3. The van der Waals surface area contributed by atoms with Crippen molar-refractivity contribution in [3.05, 3.63) is 42.0 Å². The molecule has 5 aliphatic rings. The summed E-state index contributed by atoms with van der Waals surface area (Å²) in [7, 11) is -4.24. The zero-order valence-corrected chi connectivity index (χ0v) is 28.7. The van der Waals surface area contributed by atoms with Gasteiger partial charge in [-0.15, -0.1) is 0 Å². The van der Waals surface area contributed by atoms with E-state index in [0.717, 1.165) is 54.9 Å². The third-order valence-corrected chi connectivity index (χ3v) is 13.3. The average Bonchev–Trinajstić information content (AvgIpc) is 3.97. The van der Waals surface area contributed by atoms with E-state index in [1.54, 1.807) is 0 Å². The maximum atomic E-state index is 14.2. The van der Waals surface area contributed by atoms with Gasteiger partial charge in [0.25, 0.3) is 5.91 Å². The average molecular weight is 683 g/mol. The monoisotopic (exact) mass is 682 g/mol. The molecule has 2 aromatic rings. The summed E-state index contributed by atoms with van der Waals surface area (Å²) < 4.78 is 53.0. The van der Waals surface area contributed by atoms with Crippen molar-refractivity contribution in [2.75, 3.05) is 26.4 Å². The number of rotatable bonds is 6. The number of benzene rings is 1. The van der Waals surface area contributed by atoms with Crippen LogP contribution in [0.3, 0.4) is 0 Å². The number of amides is 2. The minimum Gasteiger partial charge on any atom is -0.477 e. The van der Waals surface area contributed by atoms with Gasteiger partial charge in [-0.2, -0.15) is 4.98 Å². The highest BCUT2D eigenvalue weighted by Crippen LogP contribution is 2.48. The van der Waals surface area contributed by atoms with E-state index in [4.69, 9.17) is 14.5 Å². The molecule has 3 aliphatic heterocycles. The van der Waals surface area contributed by atoms with Gasteiger partial charge in [0.15, 0.2) is 0 Å². The van der Waals surface area contributed by atoms with Crippen molar-refractivity contribution in [1.29, 1.82) is 0 Å². The zero-order chi connectivity index (χ0) is 33.7. The summed E-state index contributed by atoms with van der Waals surface area (Å²) in [6, 6.07) is 7.44. The number of alkyl halides is 1. The predicted molar refractivity (Wildman–Crippen MR) is 180 cm³/mol. The number of aryl methyl sites for hydroxylation is 1. The lowest BCUT2D eigenvalue weighted by Crippen LogP contribution is -2.57. The molecular formula is C36H47FN4O6S. The second-order valence-electron chi connectivity index (χ2n) is 14.9. The van der Waals surface area contributed by atoms with E-state index in [-0.39, 0.29) is 37.2 Å². The van der Waals surface area contributed by atoms with E-state index < -0.39 is 38.9 Å². The molecule has 0 radical (unpaired) electrons. The number of ether oxygens (including phenoxy) is 2. The topological polar surface area (TPSA) is 127 Å². The molecule has 2 N–H and O–H groups in total. The third kappa shape index (κ3) is 6.30. The summed E-state index contributed by atoms with van der Waals surface area (Å²) in [6.45, 7) is 5.26. The summed E-state index contributed by atoms with van der Waals surface area (Å²) in [5.41, 5.74) is -0.326. The van der Waals surface area contributed by atoms with E-state index in [0.29, 0.717) is 49.7 Å². The molecule has 48 heavy (non-hydrogen) atoms. The molecule has 1 saturated heterocycles. The molecule has 3 fully saturated rings. The molecule has 2 saturated carbocycles. The van der Waals surface area contributed by atoms with Crippen molar-refractivity contribution >= 4 is 32.6 Å². The standard InChI is InChI=1S/C36H47FN4O6S/c1-23-8-3-4-9-25-20-36(25,34(43)40-48(44,45)35(22-37)14-15-35)39-31(42)30-19-26(21-41(30)16-13-24(2)18-23)47-33-29-11-6-5-10-27(29)28-12-7-17-46-32(28)38-33/h4-6,9-11,23-26,30H,3,7-8,12-22H2,1-2H3,(H,39,42)(H,40,43). The first-order chi connectivity index (χ1) is 23.0. The van der Waals surface area contributed by atoms with Crippen LogP contribution in [0.1, 0.15) is 77.2 Å². The minimum atomic E-state index is -4.24. The van der Waals surface area contributed by atoms with Crippen LogP contribution in [0.2, 0.25) is 0 Å². The van der Waals surface area contributed by atoms with Crippen LogP contribution >= 0.6 is 0 Å². The van der Waals surface area contributed by atoms with E-state index >= 15 is 0 Å². The highest BCUT2D eigenvalue weighted by Gasteiger charge is 2.63. The van der Waals surface area contributed by atoms with Crippen molar-refractivity contribution in [3.63, 3.8) is 0 Å². The smallest absolute Gasteiger partial charge is 0.259 e. The number of hydrogen-bond donors (Lipinski definition) is 2. The van der Waals surface area contributed by atoms with Crippen LogP contribution in [0.15, 0.2) is 36.4 Å². The Morgan fingerprint density at radius 2 is 1.94 bits per heavy atom. The second-order valence-corrected chi connectivity index (χ2v) is 17.0. The fourth-order valence-corrected chi connectivity index (χ4v) is 9.36. The maximum absolute atomic E-state index is 14.2. The van der Waals surface area contributed by atoms with Crippen LogP contribution in [0.25, 0.3) is 10.8 Å². The number of carbonyl (C=O) groups is 2. The number of allylic oxidation sites excluding steroid dienone is 1. The van der Waals surface area contributed by atoms with Crippen molar-refractivity contribution < 1.29 is 31.9 Å². The normalized spacial score (nSPS) is 32.0. The second kappa shape index (κ2) is 12.9. The SMILES string of the molecule is CC1CCC=CC2CC2(C(=O)NS(=O)(=O)C2(CF)CC2)NC(=O)C2CC(Oc3nc4c(c5ccccc35)CCCO4)CN2CCC(C)C1. The zero-order valence-electron chi connectivity index (χ0n) is 27.9. The molecule has 260 valence electrons. The molecule has 0 bridgehead atoms. The molecule has 7 rings (SSSR count). The summed E-state index contributed by atoms with van der Waals surface area (Å²) in [5, 5.41) is 4.97. The number of nitrogens with zero attached hydrogens (tertiary/aromatic N) is 2. The van der Waals surface area contributed by atoms with Crippen LogP contribution in [0, 0.1) is 17.8 Å². The number of hydrogen-bond acceptors (Lipinski definition) is 8. The predicted octanol–water partition coefficient (Wildman–Crippen LogP) is 4.61. The molecular weight excluding hydrogens is 635 g/mol. The van der Waals surface area contributed by atoms with Crippen molar-refractivity contribution in [2.24, 2.45) is 17.8 Å². The molecule has 2 amide bonds. The first kappa shape index (κ1) is 33.3. The highest BCUT2D eigenvalue weighted by molar-refractivity contribution is 7.91. The number of aromatic nitrogens is 1. The van der Waals surface area contributed by atoms with Gasteiger partial charge >= 0.3 is 0 Å². The molecule has 6 unspecified atom stereocenters. The number of pyridine rings is 1. The largest absolute Gasteiger partial charge is 0.477 e. The van der Waals surface area contributed by atoms with Crippen LogP contribution in [-0.2, 0) is 26.0 Å². The molecule has 12 heteroatoms. The van der Waals surface area contributed by atoms with Gasteiger partial charge in [-0.3, -0.25) is 19.2 Å². The Balaban J connectivity index is 1.15. The molecule has 6 atom stereocenters. The number of halogens is 1. The Kier molecular flexibility index (Phi) is 8.93.